The maximum atomic E-state index is 2.42. The van der Waals surface area contributed by atoms with E-state index in [1.54, 1.807) is 0 Å². The third-order valence-electron chi connectivity index (χ3n) is 3.31. The van der Waals surface area contributed by atoms with Crippen molar-refractivity contribution in [2.24, 2.45) is 0 Å². The van der Waals surface area contributed by atoms with E-state index in [1.807, 2.05) is 0 Å². The molecule has 1 atom stereocenters. The summed E-state index contributed by atoms with van der Waals surface area (Å²) in [5.74, 6) is 0. The van der Waals surface area contributed by atoms with Crippen LogP contribution in [0.4, 0.5) is 0 Å². The third kappa shape index (κ3) is 2.21. The zero-order valence-electron chi connectivity index (χ0n) is 10.1. The second-order valence-electron chi connectivity index (χ2n) is 4.60. The van der Waals surface area contributed by atoms with Gasteiger partial charge in [-0.2, -0.15) is 0 Å². The van der Waals surface area contributed by atoms with Crippen molar-refractivity contribution >= 4 is 31.3 Å². The Morgan fingerprint density at radius 3 is 2.06 bits per heavy atom. The molecule has 18 heavy (non-hydrogen) atoms. The van der Waals surface area contributed by atoms with Crippen molar-refractivity contribution in [1.29, 1.82) is 0 Å². The maximum absolute atomic E-state index is 2.42. The molecule has 0 aromatic heterocycles. The monoisotopic (exact) mass is 422 g/mol. The zero-order chi connectivity index (χ0) is 12.4. The van der Waals surface area contributed by atoms with Crippen LogP contribution in [0.25, 0.3) is 5.57 Å². The Kier molecular flexibility index (Phi) is 3.20. The molecule has 0 amide bonds. The van der Waals surface area contributed by atoms with E-state index in [9.17, 15) is 0 Å². The van der Waals surface area contributed by atoms with E-state index in [2.05, 4.69) is 78.9 Å². The van der Waals surface area contributed by atoms with Gasteiger partial charge in [-0.3, -0.25) is 0 Å². The average molecular weight is 422 g/mol. The van der Waals surface area contributed by atoms with E-state index in [-0.39, 0.29) is 2.97 Å². The molecule has 1 aliphatic carbocycles. The van der Waals surface area contributed by atoms with Gasteiger partial charge in [0.1, 0.15) is 0 Å². The summed E-state index contributed by atoms with van der Waals surface area (Å²) >= 11 is 0.863. The Morgan fingerprint density at radius 2 is 1.39 bits per heavy atom. The molecule has 0 N–H and O–H groups in total. The minimum atomic E-state index is 0.187. The van der Waals surface area contributed by atoms with Crippen LogP contribution in [0.15, 0.2) is 78.9 Å². The first kappa shape index (κ1) is 11.9. The number of benzene rings is 2. The Labute approximate surface area is 124 Å². The number of rotatable bonds is 2. The van der Waals surface area contributed by atoms with Crippen molar-refractivity contribution in [2.75, 3.05) is 0 Å². The molecule has 0 radical (unpaired) electrons. The first-order valence-corrected chi connectivity index (χ1v) is 8.34. The quantitative estimate of drug-likeness (QED) is 0.649. The third-order valence-corrected chi connectivity index (χ3v) is 6.01. The van der Waals surface area contributed by atoms with E-state index < -0.39 is 0 Å². The Morgan fingerprint density at radius 1 is 0.778 bits per heavy atom. The van der Waals surface area contributed by atoms with Crippen LogP contribution in [-0.2, 0) is 2.97 Å². The fourth-order valence-electron chi connectivity index (χ4n) is 2.30. The fourth-order valence-corrected chi connectivity index (χ4v) is 4.12. The Hall–Kier alpha value is -1.16. The van der Waals surface area contributed by atoms with Crippen LogP contribution in [0.5, 0.6) is 0 Å². The summed E-state index contributed by atoms with van der Waals surface area (Å²) in [6, 6.07) is 21.4. The second-order valence-corrected chi connectivity index (χ2v) is 8.31. The molecule has 0 saturated carbocycles. The summed E-state index contributed by atoms with van der Waals surface area (Å²) in [6.07, 6.45) is 7.04. The average Bonchev–Trinajstić information content (AvgIpc) is 2.85. The summed E-state index contributed by atoms with van der Waals surface area (Å²) in [7, 11) is 0. The van der Waals surface area contributed by atoms with Gasteiger partial charge in [-0.15, -0.1) is 0 Å². The Balaban J connectivity index is 2.00. The Bertz CT molecular complexity index is 596. The summed E-state index contributed by atoms with van der Waals surface area (Å²) in [5, 5.41) is 0. The van der Waals surface area contributed by atoms with Gasteiger partial charge in [-0.25, -0.2) is 0 Å². The molecule has 0 bridgehead atoms. The van der Waals surface area contributed by atoms with E-state index >= 15 is 0 Å². The zero-order valence-corrected chi connectivity index (χ0v) is 14.6. The predicted molar refractivity (Wildman–Crippen MR) is 77.4 cm³/mol. The molecular weight excluding hydrogens is 409 g/mol. The molecular formula is C17H13Tl. The summed E-state index contributed by atoms with van der Waals surface area (Å²) in [4.78, 5) is 0. The minimum absolute atomic E-state index is 0.187. The summed E-state index contributed by atoms with van der Waals surface area (Å²) < 4.78 is 0.187. The van der Waals surface area contributed by atoms with Crippen molar-refractivity contribution in [3.63, 3.8) is 0 Å². The van der Waals surface area contributed by atoms with Gasteiger partial charge in [0.25, 0.3) is 0 Å². The molecule has 1 unspecified atom stereocenters. The van der Waals surface area contributed by atoms with E-state index in [0.717, 1.165) is 25.8 Å². The van der Waals surface area contributed by atoms with Gasteiger partial charge in [0.05, 0.1) is 0 Å². The van der Waals surface area contributed by atoms with Gasteiger partial charge in [0.2, 0.25) is 0 Å². The van der Waals surface area contributed by atoms with Gasteiger partial charge >= 0.3 is 124 Å². The van der Waals surface area contributed by atoms with Crippen molar-refractivity contribution in [1.82, 2.24) is 0 Å². The number of allylic oxidation sites excluding steroid dienone is 4. The molecule has 2 aromatic rings. The van der Waals surface area contributed by atoms with Crippen LogP contribution in [0.2, 0.25) is 0 Å². The molecule has 84 valence electrons. The second kappa shape index (κ2) is 4.84. The van der Waals surface area contributed by atoms with Crippen LogP contribution in [0.3, 0.4) is 0 Å². The van der Waals surface area contributed by atoms with Crippen molar-refractivity contribution in [2.45, 2.75) is 2.97 Å². The number of hydrogen-bond acceptors (Lipinski definition) is 0. The van der Waals surface area contributed by atoms with Gasteiger partial charge < -0.3 is 0 Å². The first-order valence-electron chi connectivity index (χ1n) is 6.10. The predicted octanol–water partition coefficient (Wildman–Crippen LogP) is 3.70. The van der Waals surface area contributed by atoms with Crippen molar-refractivity contribution in [3.8, 4) is 0 Å². The first-order chi connectivity index (χ1) is 8.78. The van der Waals surface area contributed by atoms with Crippen LogP contribution < -0.4 is 0 Å². The number of hydrogen-bond donors (Lipinski definition) is 0. The van der Waals surface area contributed by atoms with Gasteiger partial charge in [0, 0.05) is 0 Å². The molecule has 0 fully saturated rings. The molecule has 1 aliphatic rings. The standard InChI is InChI=1S/C17H13.Tl/c1-3-7-14(8-4-1)16-11-12-17(13-16)15-9-5-2-6-10-15;/h1-13H;. The van der Waals surface area contributed by atoms with Crippen LogP contribution in [0.1, 0.15) is 11.1 Å². The molecule has 0 spiro atoms. The molecule has 3 rings (SSSR count). The van der Waals surface area contributed by atoms with E-state index in [1.165, 1.54) is 16.7 Å². The molecule has 0 saturated heterocycles. The SMILES string of the molecule is [Tl][C]1(c2ccccc2)C=CC(c2ccccc2)=C1. The van der Waals surface area contributed by atoms with Crippen molar-refractivity contribution in [3.05, 3.63) is 90.0 Å². The normalized spacial score (nSPS) is 21.8. The van der Waals surface area contributed by atoms with Gasteiger partial charge in [-0.1, -0.05) is 0 Å². The van der Waals surface area contributed by atoms with Crippen molar-refractivity contribution < 1.29 is 0 Å². The molecule has 1 heteroatoms. The molecule has 0 heterocycles. The van der Waals surface area contributed by atoms with E-state index in [0.29, 0.717) is 0 Å². The topological polar surface area (TPSA) is 0 Å². The summed E-state index contributed by atoms with van der Waals surface area (Å²) in [5.41, 5.74) is 4.08. The summed E-state index contributed by atoms with van der Waals surface area (Å²) in [6.45, 7) is 0. The molecule has 0 aliphatic heterocycles. The van der Waals surface area contributed by atoms with Crippen LogP contribution in [-0.4, -0.2) is 25.8 Å². The van der Waals surface area contributed by atoms with Gasteiger partial charge in [0.15, 0.2) is 0 Å². The van der Waals surface area contributed by atoms with E-state index in [4.69, 9.17) is 0 Å². The molecule has 2 aromatic carbocycles. The fraction of sp³-hybridized carbons (Fsp3) is 0.0588. The molecule has 0 nitrogen and oxygen atoms in total. The van der Waals surface area contributed by atoms with Crippen LogP contribution >= 0.6 is 0 Å². The van der Waals surface area contributed by atoms with Crippen LogP contribution in [0, 0.1) is 0 Å². The van der Waals surface area contributed by atoms with Gasteiger partial charge in [-0.05, 0) is 0 Å².